The van der Waals surface area contributed by atoms with Crippen molar-refractivity contribution >= 4 is 17.6 Å². The number of halogens is 1. The van der Waals surface area contributed by atoms with E-state index in [1.165, 1.54) is 12.1 Å². The van der Waals surface area contributed by atoms with Crippen molar-refractivity contribution in [1.82, 2.24) is 15.1 Å². The number of carbonyl (C=O) groups excluding carboxylic acids is 1. The first-order chi connectivity index (χ1) is 15.0. The van der Waals surface area contributed by atoms with Crippen LogP contribution in [0.1, 0.15) is 53.6 Å². The lowest BCUT2D eigenvalue weighted by Crippen LogP contribution is -2.36. The molecule has 0 fully saturated rings. The third-order valence-corrected chi connectivity index (χ3v) is 5.39. The predicted molar refractivity (Wildman–Crippen MR) is 126 cm³/mol. The number of aryl methyl sites for hydroxylation is 2. The summed E-state index contributed by atoms with van der Waals surface area (Å²) in [6.45, 7) is 10.6. The smallest absolute Gasteiger partial charge is 0.257 e. The van der Waals surface area contributed by atoms with Crippen LogP contribution in [-0.2, 0) is 19.0 Å². The normalized spacial score (nSPS) is 12.0. The van der Waals surface area contributed by atoms with Crippen molar-refractivity contribution in [2.24, 2.45) is 12.0 Å². The third-order valence-electron chi connectivity index (χ3n) is 5.39. The lowest BCUT2D eigenvalue weighted by atomic mass is 9.87. The summed E-state index contributed by atoms with van der Waals surface area (Å²) >= 11 is 0. The van der Waals surface area contributed by atoms with Gasteiger partial charge >= 0.3 is 0 Å². The number of hydrogen-bond donors (Lipinski definition) is 2. The monoisotopic (exact) mass is 435 g/mol. The molecule has 1 amide bonds. The lowest BCUT2D eigenvalue weighted by Gasteiger charge is -2.19. The van der Waals surface area contributed by atoms with Crippen LogP contribution < -0.4 is 10.6 Å². The van der Waals surface area contributed by atoms with Crippen LogP contribution in [0.4, 0.5) is 10.1 Å². The number of rotatable bonds is 4. The zero-order valence-corrected chi connectivity index (χ0v) is 19.5. The molecule has 1 heterocycles. The zero-order chi connectivity index (χ0) is 23.5. The number of aromatic nitrogens is 2. The molecule has 0 aliphatic heterocycles. The van der Waals surface area contributed by atoms with Crippen molar-refractivity contribution in [2.75, 3.05) is 5.32 Å². The molecule has 0 saturated carbocycles. The van der Waals surface area contributed by atoms with Crippen LogP contribution in [0.25, 0.3) is 0 Å². The average Bonchev–Trinajstić information content (AvgIpc) is 2.97. The topological polar surface area (TPSA) is 71.3 Å². The van der Waals surface area contributed by atoms with Gasteiger partial charge in [-0.3, -0.25) is 14.8 Å². The minimum atomic E-state index is -0.377. The van der Waals surface area contributed by atoms with Crippen LogP contribution in [0, 0.1) is 19.7 Å². The summed E-state index contributed by atoms with van der Waals surface area (Å²) in [5, 5.41) is 10.3. The summed E-state index contributed by atoms with van der Waals surface area (Å²) in [5.74, 6) is -0.437. The molecule has 0 aliphatic rings. The summed E-state index contributed by atoms with van der Waals surface area (Å²) in [5.41, 5.74) is 5.01. The summed E-state index contributed by atoms with van der Waals surface area (Å²) < 4.78 is 15.5. The van der Waals surface area contributed by atoms with E-state index in [0.717, 1.165) is 22.5 Å². The summed E-state index contributed by atoms with van der Waals surface area (Å²) in [4.78, 5) is 17.5. The maximum atomic E-state index is 13.7. The number of hydrogen-bond acceptors (Lipinski definition) is 3. The van der Waals surface area contributed by atoms with E-state index in [-0.39, 0.29) is 23.1 Å². The van der Waals surface area contributed by atoms with Gasteiger partial charge in [0.15, 0.2) is 0 Å². The fourth-order valence-electron chi connectivity index (χ4n) is 3.32. The first kappa shape index (κ1) is 23.2. The second-order valence-corrected chi connectivity index (χ2v) is 8.85. The second kappa shape index (κ2) is 9.34. The molecule has 0 radical (unpaired) electrons. The van der Waals surface area contributed by atoms with Crippen molar-refractivity contribution in [2.45, 2.75) is 46.6 Å². The van der Waals surface area contributed by atoms with Gasteiger partial charge in [0.2, 0.25) is 5.96 Å². The van der Waals surface area contributed by atoms with Crippen molar-refractivity contribution in [3.63, 3.8) is 0 Å². The van der Waals surface area contributed by atoms with E-state index in [0.29, 0.717) is 17.8 Å². The van der Waals surface area contributed by atoms with E-state index < -0.39 is 0 Å². The minimum absolute atomic E-state index is 0.00000169. The van der Waals surface area contributed by atoms with Gasteiger partial charge in [-0.25, -0.2) is 9.38 Å². The van der Waals surface area contributed by atoms with E-state index in [2.05, 4.69) is 41.5 Å². The molecule has 0 saturated heterocycles. The molecule has 7 heteroatoms. The highest BCUT2D eigenvalue weighted by Gasteiger charge is 2.16. The molecule has 2 aromatic carbocycles. The molecular formula is C25H30FN5O. The van der Waals surface area contributed by atoms with E-state index in [4.69, 9.17) is 0 Å². The number of aliphatic imine (C=N–C) groups is 1. The minimum Gasteiger partial charge on any atom is -0.326 e. The Kier molecular flexibility index (Phi) is 6.77. The summed E-state index contributed by atoms with van der Waals surface area (Å²) in [6, 6.07) is 13.5. The number of nitrogens with one attached hydrogen (secondary N) is 2. The molecule has 168 valence electrons. The number of carbonyl (C=O) groups is 1. The first-order valence-electron chi connectivity index (χ1n) is 10.5. The highest BCUT2D eigenvalue weighted by molar-refractivity contribution is 6.09. The summed E-state index contributed by atoms with van der Waals surface area (Å²) in [7, 11) is 1.88. The molecule has 0 atom stereocenters. The van der Waals surface area contributed by atoms with Crippen LogP contribution in [0.2, 0.25) is 0 Å². The van der Waals surface area contributed by atoms with Crippen molar-refractivity contribution < 1.29 is 9.18 Å². The maximum absolute atomic E-state index is 13.7. The van der Waals surface area contributed by atoms with Crippen molar-refractivity contribution in [3.8, 4) is 0 Å². The van der Waals surface area contributed by atoms with Crippen LogP contribution in [0.15, 0.2) is 53.5 Å². The Morgan fingerprint density at radius 2 is 1.81 bits per heavy atom. The van der Waals surface area contributed by atoms with Gasteiger partial charge in [0, 0.05) is 29.6 Å². The molecule has 3 aromatic rings. The van der Waals surface area contributed by atoms with Gasteiger partial charge in [-0.15, -0.1) is 0 Å². The Bertz CT molecular complexity index is 1140. The SMILES string of the molecule is Cc1nn(C)c(C)c1CN=C(NC(=O)c1ccc(C(C)(C)C)cc1)Nc1cccc(F)c1. The maximum Gasteiger partial charge on any atom is 0.257 e. The Morgan fingerprint density at radius 3 is 2.38 bits per heavy atom. The molecule has 2 N–H and O–H groups in total. The van der Waals surface area contributed by atoms with E-state index >= 15 is 0 Å². The molecule has 1 aromatic heterocycles. The van der Waals surface area contributed by atoms with Crippen molar-refractivity contribution in [1.29, 1.82) is 0 Å². The Morgan fingerprint density at radius 1 is 1.12 bits per heavy atom. The highest BCUT2D eigenvalue weighted by Crippen LogP contribution is 2.22. The van der Waals surface area contributed by atoms with Gasteiger partial charge in [-0.05, 0) is 55.2 Å². The molecule has 0 bridgehead atoms. The predicted octanol–water partition coefficient (Wildman–Crippen LogP) is 4.87. The molecular weight excluding hydrogens is 405 g/mol. The number of amides is 1. The van der Waals surface area contributed by atoms with Gasteiger partial charge < -0.3 is 5.32 Å². The quantitative estimate of drug-likeness (QED) is 0.454. The molecule has 0 spiro atoms. The molecule has 32 heavy (non-hydrogen) atoms. The van der Waals surface area contributed by atoms with E-state index in [1.807, 2.05) is 33.0 Å². The fourth-order valence-corrected chi connectivity index (χ4v) is 3.32. The van der Waals surface area contributed by atoms with Crippen LogP contribution in [0.3, 0.4) is 0 Å². The molecule has 3 rings (SSSR count). The van der Waals surface area contributed by atoms with E-state index in [9.17, 15) is 9.18 Å². The number of anilines is 1. The van der Waals surface area contributed by atoms with Gasteiger partial charge in [-0.1, -0.05) is 39.0 Å². The molecule has 0 unspecified atom stereocenters. The fraction of sp³-hybridized carbons (Fsp3) is 0.320. The third kappa shape index (κ3) is 5.60. The summed E-state index contributed by atoms with van der Waals surface area (Å²) in [6.07, 6.45) is 0. The average molecular weight is 436 g/mol. The van der Waals surface area contributed by atoms with E-state index in [1.54, 1.807) is 28.9 Å². The second-order valence-electron chi connectivity index (χ2n) is 8.85. The first-order valence-corrected chi connectivity index (χ1v) is 10.5. The standard InChI is InChI=1S/C25H30FN5O/c1-16-22(17(2)31(6)30-16)15-27-24(28-21-9-7-8-20(26)14-21)29-23(32)18-10-12-19(13-11-18)25(3,4)5/h7-14H,15H2,1-6H3,(H2,27,28,29,32). The van der Waals surface area contributed by atoms with Crippen molar-refractivity contribution in [3.05, 3.63) is 82.4 Å². The van der Waals surface area contributed by atoms with Crippen LogP contribution in [-0.4, -0.2) is 21.6 Å². The molecule has 0 aliphatic carbocycles. The number of guanidine groups is 1. The van der Waals surface area contributed by atoms with Gasteiger partial charge in [0.25, 0.3) is 5.91 Å². The Balaban J connectivity index is 1.85. The van der Waals surface area contributed by atoms with Gasteiger partial charge in [0.05, 0.1) is 12.2 Å². The Labute approximate surface area is 188 Å². The van der Waals surface area contributed by atoms with Crippen LogP contribution in [0.5, 0.6) is 0 Å². The number of nitrogens with zero attached hydrogens (tertiary/aromatic N) is 3. The molecule has 6 nitrogen and oxygen atoms in total. The highest BCUT2D eigenvalue weighted by atomic mass is 19.1. The van der Waals surface area contributed by atoms with Gasteiger partial charge in [0.1, 0.15) is 5.82 Å². The largest absolute Gasteiger partial charge is 0.326 e. The zero-order valence-electron chi connectivity index (χ0n) is 19.5. The van der Waals surface area contributed by atoms with Gasteiger partial charge in [-0.2, -0.15) is 5.10 Å². The Hall–Kier alpha value is -3.48. The van der Waals surface area contributed by atoms with Crippen LogP contribution >= 0.6 is 0 Å². The number of benzene rings is 2. The lowest BCUT2D eigenvalue weighted by molar-refractivity contribution is 0.0977.